The van der Waals surface area contributed by atoms with E-state index in [1.165, 1.54) is 44.6 Å². The summed E-state index contributed by atoms with van der Waals surface area (Å²) in [6.07, 6.45) is 6.08. The van der Waals surface area contributed by atoms with Gasteiger partial charge in [0, 0.05) is 39.6 Å². The second-order valence-corrected chi connectivity index (χ2v) is 5.34. The van der Waals surface area contributed by atoms with Gasteiger partial charge in [0.25, 0.3) is 0 Å². The van der Waals surface area contributed by atoms with Gasteiger partial charge in [-0.2, -0.15) is 0 Å². The van der Waals surface area contributed by atoms with Crippen LogP contribution in [0.2, 0.25) is 0 Å². The maximum absolute atomic E-state index is 4.23. The number of rotatable bonds is 2. The number of aromatic nitrogens is 2. The molecule has 4 aromatic rings. The summed E-state index contributed by atoms with van der Waals surface area (Å²) in [5.74, 6) is 0. The lowest BCUT2D eigenvalue weighted by molar-refractivity contribution is 0.930. The van der Waals surface area contributed by atoms with Crippen LogP contribution in [0, 0.1) is 0 Å². The van der Waals surface area contributed by atoms with Crippen molar-refractivity contribution >= 4 is 32.6 Å². The second kappa shape index (κ2) is 4.34. The predicted octanol–water partition coefficient (Wildman–Crippen LogP) is 4.82. The third-order valence-corrected chi connectivity index (χ3v) is 3.99. The maximum Gasteiger partial charge on any atom is 0.0471 e. The molecule has 0 aliphatic carbocycles. The summed E-state index contributed by atoms with van der Waals surface area (Å²) < 4.78 is 0. The van der Waals surface area contributed by atoms with E-state index in [9.17, 15) is 0 Å². The number of fused-ring (bicyclic) bond motifs is 4. The summed E-state index contributed by atoms with van der Waals surface area (Å²) in [6.45, 7) is 2.23. The van der Waals surface area contributed by atoms with Crippen molar-refractivity contribution in [3.63, 3.8) is 0 Å². The largest absolute Gasteiger partial charge is 0.354 e. The molecule has 0 amide bonds. The molecule has 2 heterocycles. The minimum atomic E-state index is 1.12. The number of aryl methyl sites for hydroxylation is 1. The highest BCUT2D eigenvalue weighted by molar-refractivity contribution is 6.13. The molecule has 0 spiro atoms. The molecule has 4 rings (SSSR count). The summed E-state index contributed by atoms with van der Waals surface area (Å²) in [5, 5.41) is 5.11. The number of benzene rings is 2. The molecule has 1 N–H and O–H groups in total. The van der Waals surface area contributed by atoms with Crippen molar-refractivity contribution < 1.29 is 0 Å². The maximum atomic E-state index is 4.23. The summed E-state index contributed by atoms with van der Waals surface area (Å²) in [4.78, 5) is 7.78. The van der Waals surface area contributed by atoms with E-state index in [1.807, 2.05) is 12.4 Å². The van der Waals surface area contributed by atoms with E-state index in [0.717, 1.165) is 6.42 Å². The molecule has 0 radical (unpaired) electrons. The zero-order chi connectivity index (χ0) is 13.5. The molecule has 0 saturated heterocycles. The minimum absolute atomic E-state index is 1.12. The molecule has 2 aromatic carbocycles. The van der Waals surface area contributed by atoms with Crippen LogP contribution >= 0.6 is 0 Å². The topological polar surface area (TPSA) is 28.7 Å². The average Bonchev–Trinajstić information content (AvgIpc) is 2.83. The zero-order valence-corrected chi connectivity index (χ0v) is 11.5. The van der Waals surface area contributed by atoms with Crippen LogP contribution in [-0.4, -0.2) is 9.97 Å². The van der Waals surface area contributed by atoms with Crippen LogP contribution in [0.5, 0.6) is 0 Å². The predicted molar refractivity (Wildman–Crippen MR) is 85.1 cm³/mol. The van der Waals surface area contributed by atoms with Crippen LogP contribution in [0.15, 0.2) is 48.8 Å². The van der Waals surface area contributed by atoms with Crippen molar-refractivity contribution in [1.82, 2.24) is 9.97 Å². The van der Waals surface area contributed by atoms with Gasteiger partial charge in [0.05, 0.1) is 0 Å². The van der Waals surface area contributed by atoms with Crippen molar-refractivity contribution in [2.24, 2.45) is 0 Å². The van der Waals surface area contributed by atoms with Crippen LogP contribution in [0.4, 0.5) is 0 Å². The van der Waals surface area contributed by atoms with Crippen molar-refractivity contribution in [3.05, 3.63) is 54.4 Å². The van der Waals surface area contributed by atoms with Gasteiger partial charge in [0.2, 0.25) is 0 Å². The third-order valence-electron chi connectivity index (χ3n) is 3.99. The van der Waals surface area contributed by atoms with Crippen LogP contribution < -0.4 is 0 Å². The van der Waals surface area contributed by atoms with E-state index >= 15 is 0 Å². The Bertz CT molecular complexity index is 919. The van der Waals surface area contributed by atoms with Gasteiger partial charge in [-0.05, 0) is 41.6 Å². The lowest BCUT2D eigenvalue weighted by Gasteiger charge is -2.02. The van der Waals surface area contributed by atoms with Gasteiger partial charge in [-0.3, -0.25) is 4.98 Å². The van der Waals surface area contributed by atoms with Gasteiger partial charge in [-0.1, -0.05) is 25.5 Å². The third kappa shape index (κ3) is 1.61. The average molecular weight is 260 g/mol. The van der Waals surface area contributed by atoms with Crippen molar-refractivity contribution in [2.45, 2.75) is 19.8 Å². The second-order valence-electron chi connectivity index (χ2n) is 5.34. The van der Waals surface area contributed by atoms with Gasteiger partial charge >= 0.3 is 0 Å². The number of hydrogen-bond acceptors (Lipinski definition) is 1. The van der Waals surface area contributed by atoms with E-state index in [2.05, 4.69) is 53.3 Å². The summed E-state index contributed by atoms with van der Waals surface area (Å²) in [6, 6.07) is 13.1. The first kappa shape index (κ1) is 11.5. The van der Waals surface area contributed by atoms with Gasteiger partial charge in [-0.15, -0.1) is 0 Å². The molecule has 0 unspecified atom stereocenters. The molecular formula is C18H16N2. The van der Waals surface area contributed by atoms with Gasteiger partial charge in [0.15, 0.2) is 0 Å². The van der Waals surface area contributed by atoms with Gasteiger partial charge in [-0.25, -0.2) is 0 Å². The highest BCUT2D eigenvalue weighted by Gasteiger charge is 2.09. The smallest absolute Gasteiger partial charge is 0.0471 e. The van der Waals surface area contributed by atoms with Gasteiger partial charge < -0.3 is 4.98 Å². The van der Waals surface area contributed by atoms with Gasteiger partial charge in [0.1, 0.15) is 0 Å². The Morgan fingerprint density at radius 1 is 1.05 bits per heavy atom. The molecule has 0 aliphatic rings. The number of nitrogens with zero attached hydrogens (tertiary/aromatic N) is 1. The first-order valence-corrected chi connectivity index (χ1v) is 7.14. The molecule has 2 nitrogen and oxygen atoms in total. The Balaban J connectivity index is 2.16. The Morgan fingerprint density at radius 3 is 2.90 bits per heavy atom. The molecule has 0 atom stereocenters. The fourth-order valence-electron chi connectivity index (χ4n) is 3.09. The highest BCUT2D eigenvalue weighted by Crippen LogP contribution is 2.31. The summed E-state index contributed by atoms with van der Waals surface area (Å²) in [5.41, 5.74) is 3.87. The molecule has 2 aromatic heterocycles. The summed E-state index contributed by atoms with van der Waals surface area (Å²) in [7, 11) is 0. The molecule has 2 heteroatoms. The number of hydrogen-bond donors (Lipinski definition) is 1. The Labute approximate surface area is 117 Å². The number of H-pyrrole nitrogens is 1. The lowest BCUT2D eigenvalue weighted by Crippen LogP contribution is -1.84. The number of pyridine rings is 1. The van der Waals surface area contributed by atoms with E-state index in [1.54, 1.807) is 0 Å². The molecule has 0 fully saturated rings. The number of aromatic amines is 1. The highest BCUT2D eigenvalue weighted by atomic mass is 14.7. The standard InChI is InChI=1S/C18H16N2/c1-2-4-12-5-3-6-16-18(12)15-9-14-11-19-8-7-13(14)10-17(15)20-16/h3,5-11,20H,2,4H2,1H3. The Hall–Kier alpha value is -2.35. The molecule has 98 valence electrons. The first-order valence-electron chi connectivity index (χ1n) is 7.14. The monoisotopic (exact) mass is 260 g/mol. The van der Waals surface area contributed by atoms with Crippen LogP contribution in [0.25, 0.3) is 32.6 Å². The SMILES string of the molecule is CCCc1cccc2[nH]c3cc4ccncc4cc3c12. The minimum Gasteiger partial charge on any atom is -0.354 e. The van der Waals surface area contributed by atoms with Crippen molar-refractivity contribution in [1.29, 1.82) is 0 Å². The Morgan fingerprint density at radius 2 is 2.00 bits per heavy atom. The molecule has 0 aliphatic heterocycles. The van der Waals surface area contributed by atoms with E-state index in [4.69, 9.17) is 0 Å². The quantitative estimate of drug-likeness (QED) is 0.550. The van der Waals surface area contributed by atoms with E-state index < -0.39 is 0 Å². The van der Waals surface area contributed by atoms with E-state index in [-0.39, 0.29) is 0 Å². The first-order chi connectivity index (χ1) is 9.86. The van der Waals surface area contributed by atoms with Crippen LogP contribution in [0.1, 0.15) is 18.9 Å². The fourth-order valence-corrected chi connectivity index (χ4v) is 3.09. The molecule has 0 bridgehead atoms. The van der Waals surface area contributed by atoms with Crippen LogP contribution in [0.3, 0.4) is 0 Å². The van der Waals surface area contributed by atoms with Crippen LogP contribution in [-0.2, 0) is 6.42 Å². The molecule has 0 saturated carbocycles. The van der Waals surface area contributed by atoms with Crippen molar-refractivity contribution in [2.75, 3.05) is 0 Å². The number of nitrogens with one attached hydrogen (secondary N) is 1. The zero-order valence-electron chi connectivity index (χ0n) is 11.5. The normalized spacial score (nSPS) is 11.7. The van der Waals surface area contributed by atoms with Crippen molar-refractivity contribution in [3.8, 4) is 0 Å². The molecule has 20 heavy (non-hydrogen) atoms. The molecular weight excluding hydrogens is 244 g/mol. The Kier molecular flexibility index (Phi) is 2.49. The summed E-state index contributed by atoms with van der Waals surface area (Å²) >= 11 is 0. The lowest BCUT2D eigenvalue weighted by atomic mass is 10.0. The fraction of sp³-hybridized carbons (Fsp3) is 0.167. The van der Waals surface area contributed by atoms with E-state index in [0.29, 0.717) is 0 Å².